The van der Waals surface area contributed by atoms with E-state index in [0.717, 1.165) is 37.3 Å². The van der Waals surface area contributed by atoms with Crippen molar-refractivity contribution in [3.05, 3.63) is 83.7 Å². The zero-order valence-electron chi connectivity index (χ0n) is 19.3. The van der Waals surface area contributed by atoms with Crippen molar-refractivity contribution in [2.45, 2.75) is 25.3 Å². The first kappa shape index (κ1) is 25.2. The molecule has 0 spiro atoms. The zero-order chi connectivity index (χ0) is 24.7. The molecule has 7 nitrogen and oxygen atoms in total. The minimum Gasteiger partial charge on any atom is -0.495 e. The maximum Gasteiger partial charge on any atom is 0.262 e. The van der Waals surface area contributed by atoms with Crippen molar-refractivity contribution in [1.29, 1.82) is 0 Å². The van der Waals surface area contributed by atoms with Gasteiger partial charge in [0.15, 0.2) is 0 Å². The predicted molar refractivity (Wildman–Crippen MR) is 131 cm³/mol. The number of anilines is 2. The molecule has 0 aliphatic carbocycles. The minimum absolute atomic E-state index is 0.102. The number of carbonyl (C=O) groups is 1. The molecule has 0 aliphatic heterocycles. The van der Waals surface area contributed by atoms with Crippen molar-refractivity contribution >= 4 is 27.3 Å². The van der Waals surface area contributed by atoms with Crippen LogP contribution in [0.25, 0.3) is 0 Å². The second kappa shape index (κ2) is 11.1. The lowest BCUT2D eigenvalue weighted by Gasteiger charge is -2.18. The maximum absolute atomic E-state index is 13.2. The Morgan fingerprint density at radius 3 is 2.21 bits per heavy atom. The second-order valence-electron chi connectivity index (χ2n) is 7.59. The summed E-state index contributed by atoms with van der Waals surface area (Å²) in [6, 6.07) is 16.4. The lowest BCUT2D eigenvalue weighted by atomic mass is 10.1. The first-order valence-electron chi connectivity index (χ1n) is 10.8. The van der Waals surface area contributed by atoms with Gasteiger partial charge in [0.1, 0.15) is 11.6 Å². The molecule has 0 radical (unpaired) electrons. The molecule has 0 heterocycles. The van der Waals surface area contributed by atoms with Crippen LogP contribution in [0.2, 0.25) is 0 Å². The molecule has 9 heteroatoms. The average molecular weight is 486 g/mol. The van der Waals surface area contributed by atoms with Crippen LogP contribution in [0.5, 0.6) is 5.75 Å². The highest BCUT2D eigenvalue weighted by Gasteiger charge is 2.18. The van der Waals surface area contributed by atoms with Gasteiger partial charge in [-0.2, -0.15) is 0 Å². The van der Waals surface area contributed by atoms with Crippen LogP contribution >= 0.6 is 0 Å². The summed E-state index contributed by atoms with van der Waals surface area (Å²) in [4.78, 5) is 14.9. The minimum atomic E-state index is -3.99. The summed E-state index contributed by atoms with van der Waals surface area (Å²) in [5.74, 6) is -0.598. The molecule has 3 aromatic rings. The number of benzene rings is 3. The first-order valence-corrected chi connectivity index (χ1v) is 12.3. The topological polar surface area (TPSA) is 87.7 Å². The molecular formula is C25H28FN3O4S. The smallest absolute Gasteiger partial charge is 0.262 e. The van der Waals surface area contributed by atoms with E-state index >= 15 is 0 Å². The van der Waals surface area contributed by atoms with Gasteiger partial charge >= 0.3 is 0 Å². The molecule has 0 atom stereocenters. The van der Waals surface area contributed by atoms with Crippen molar-refractivity contribution in [3.63, 3.8) is 0 Å². The molecule has 3 aromatic carbocycles. The number of hydrogen-bond donors (Lipinski definition) is 2. The average Bonchev–Trinajstić information content (AvgIpc) is 2.83. The van der Waals surface area contributed by atoms with Gasteiger partial charge in [0.2, 0.25) is 0 Å². The molecule has 0 unspecified atom stereocenters. The highest BCUT2D eigenvalue weighted by atomic mass is 32.2. The Morgan fingerprint density at radius 2 is 1.62 bits per heavy atom. The molecular weight excluding hydrogens is 457 g/mol. The standard InChI is InChI=1S/C25H28FN3O4S/c1-4-29(5-2)17-18-6-8-19(9-7-18)25(30)27-21-12-15-24(33-3)23(16-21)28-34(31,32)22-13-10-20(26)11-14-22/h6-16,28H,4-5,17H2,1-3H3,(H,27,30). The maximum atomic E-state index is 13.2. The van der Waals surface area contributed by atoms with Crippen molar-refractivity contribution in [1.82, 2.24) is 4.90 Å². The monoisotopic (exact) mass is 485 g/mol. The number of hydrogen-bond acceptors (Lipinski definition) is 5. The summed E-state index contributed by atoms with van der Waals surface area (Å²) < 4.78 is 46.3. The predicted octanol–water partition coefficient (Wildman–Crippen LogP) is 4.73. The Kier molecular flexibility index (Phi) is 8.25. The Balaban J connectivity index is 1.76. The van der Waals surface area contributed by atoms with E-state index in [4.69, 9.17) is 4.74 Å². The number of halogens is 1. The van der Waals surface area contributed by atoms with Crippen molar-refractivity contribution < 1.29 is 22.3 Å². The molecule has 3 rings (SSSR count). The Hall–Kier alpha value is -3.43. The number of nitrogens with zero attached hydrogens (tertiary/aromatic N) is 1. The van der Waals surface area contributed by atoms with Gasteiger partial charge in [-0.25, -0.2) is 12.8 Å². The Labute approximate surface area is 199 Å². The van der Waals surface area contributed by atoms with E-state index < -0.39 is 15.8 Å². The fourth-order valence-corrected chi connectivity index (χ4v) is 4.41. The fraction of sp³-hybridized carbons (Fsp3) is 0.240. The Bertz CT molecular complexity index is 1230. The molecule has 0 aliphatic rings. The SMILES string of the molecule is CCN(CC)Cc1ccc(C(=O)Nc2ccc(OC)c(NS(=O)(=O)c3ccc(F)cc3)c2)cc1. The summed E-state index contributed by atoms with van der Waals surface area (Å²) in [6.07, 6.45) is 0. The summed E-state index contributed by atoms with van der Waals surface area (Å²) in [5.41, 5.74) is 2.11. The summed E-state index contributed by atoms with van der Waals surface area (Å²) in [5, 5.41) is 2.78. The number of sulfonamides is 1. The fourth-order valence-electron chi connectivity index (χ4n) is 3.35. The van der Waals surface area contributed by atoms with E-state index in [9.17, 15) is 17.6 Å². The van der Waals surface area contributed by atoms with Crippen molar-refractivity contribution in [2.24, 2.45) is 0 Å². The quantitative estimate of drug-likeness (QED) is 0.434. The third-order valence-electron chi connectivity index (χ3n) is 5.34. The Morgan fingerprint density at radius 1 is 0.971 bits per heavy atom. The van der Waals surface area contributed by atoms with Crippen LogP contribution in [0.1, 0.15) is 29.8 Å². The van der Waals surface area contributed by atoms with Crippen molar-refractivity contribution in [3.8, 4) is 5.75 Å². The lowest BCUT2D eigenvalue weighted by molar-refractivity contribution is 0.102. The molecule has 0 saturated carbocycles. The number of carbonyl (C=O) groups excluding carboxylic acids is 1. The van der Waals surface area contributed by atoms with Crippen LogP contribution < -0.4 is 14.8 Å². The van der Waals surface area contributed by atoms with E-state index in [1.165, 1.54) is 25.3 Å². The van der Waals surface area contributed by atoms with Crippen LogP contribution in [0.3, 0.4) is 0 Å². The number of nitrogens with one attached hydrogen (secondary N) is 2. The van der Waals surface area contributed by atoms with Crippen LogP contribution in [0.4, 0.5) is 15.8 Å². The van der Waals surface area contributed by atoms with E-state index in [0.29, 0.717) is 11.3 Å². The molecule has 34 heavy (non-hydrogen) atoms. The van der Waals surface area contributed by atoms with E-state index in [1.807, 2.05) is 12.1 Å². The molecule has 0 aromatic heterocycles. The molecule has 0 fully saturated rings. The number of rotatable bonds is 10. The highest BCUT2D eigenvalue weighted by Crippen LogP contribution is 2.30. The van der Waals surface area contributed by atoms with Gasteiger partial charge in [0.25, 0.3) is 15.9 Å². The third kappa shape index (κ3) is 6.33. The van der Waals surface area contributed by atoms with Crippen LogP contribution in [-0.2, 0) is 16.6 Å². The second-order valence-corrected chi connectivity index (χ2v) is 9.27. The molecule has 2 N–H and O–H groups in total. The van der Waals surface area contributed by atoms with Gasteiger partial charge in [-0.15, -0.1) is 0 Å². The highest BCUT2D eigenvalue weighted by molar-refractivity contribution is 7.92. The normalized spacial score (nSPS) is 11.3. The van der Waals surface area contributed by atoms with Gasteiger partial charge < -0.3 is 10.1 Å². The summed E-state index contributed by atoms with van der Waals surface area (Å²) in [6.45, 7) is 6.92. The van der Waals surface area contributed by atoms with Crippen LogP contribution in [0.15, 0.2) is 71.6 Å². The lowest BCUT2D eigenvalue weighted by Crippen LogP contribution is -2.22. The van der Waals surface area contributed by atoms with Gasteiger partial charge in [-0.1, -0.05) is 26.0 Å². The van der Waals surface area contributed by atoms with Gasteiger partial charge in [0, 0.05) is 17.8 Å². The van der Waals surface area contributed by atoms with E-state index in [-0.39, 0.29) is 22.2 Å². The number of ether oxygens (including phenoxy) is 1. The van der Waals surface area contributed by atoms with Crippen molar-refractivity contribution in [2.75, 3.05) is 30.2 Å². The molecule has 0 bridgehead atoms. The van der Waals surface area contributed by atoms with Crippen LogP contribution in [0, 0.1) is 5.82 Å². The number of amides is 1. The van der Waals surface area contributed by atoms with E-state index in [2.05, 4.69) is 28.8 Å². The molecule has 180 valence electrons. The first-order chi connectivity index (χ1) is 16.2. The van der Waals surface area contributed by atoms with Gasteiger partial charge in [-0.3, -0.25) is 14.4 Å². The summed E-state index contributed by atoms with van der Waals surface area (Å²) >= 11 is 0. The van der Waals surface area contributed by atoms with Crippen LogP contribution in [-0.4, -0.2) is 39.4 Å². The summed E-state index contributed by atoms with van der Waals surface area (Å²) in [7, 11) is -2.59. The van der Waals surface area contributed by atoms with Gasteiger partial charge in [0.05, 0.1) is 17.7 Å². The molecule has 1 amide bonds. The third-order valence-corrected chi connectivity index (χ3v) is 6.72. The zero-order valence-corrected chi connectivity index (χ0v) is 20.2. The molecule has 0 saturated heterocycles. The largest absolute Gasteiger partial charge is 0.495 e. The van der Waals surface area contributed by atoms with Gasteiger partial charge in [-0.05, 0) is 73.3 Å². The van der Waals surface area contributed by atoms with E-state index in [1.54, 1.807) is 24.3 Å². The number of methoxy groups -OCH3 is 1.